The van der Waals surface area contributed by atoms with E-state index in [0.717, 1.165) is 6.26 Å². The minimum Gasteiger partial charge on any atom is -0.509 e. The Morgan fingerprint density at radius 2 is 2.25 bits per heavy atom. The van der Waals surface area contributed by atoms with E-state index < -0.39 is 0 Å². The zero-order valence-corrected chi connectivity index (χ0v) is 4.16. The van der Waals surface area contributed by atoms with Crippen LogP contribution in [-0.2, 0) is 4.74 Å². The van der Waals surface area contributed by atoms with Crippen molar-refractivity contribution >= 4 is 0 Å². The molecular formula is C5H6O3. The fourth-order valence-corrected chi connectivity index (χ4v) is 0.416. The van der Waals surface area contributed by atoms with Gasteiger partial charge >= 0.3 is 0 Å². The number of hydrogen-bond acceptors (Lipinski definition) is 3. The van der Waals surface area contributed by atoms with Crippen LogP contribution >= 0.6 is 0 Å². The molecule has 0 aromatic heterocycles. The molecule has 1 rings (SSSR count). The minimum absolute atomic E-state index is 0.128. The summed E-state index contributed by atoms with van der Waals surface area (Å²) in [6.45, 7) is 0. The molecule has 8 heavy (non-hydrogen) atoms. The Labute approximate surface area is 46.5 Å². The third-order valence-corrected chi connectivity index (χ3v) is 0.802. The minimum atomic E-state index is -0.150. The summed E-state index contributed by atoms with van der Waals surface area (Å²) >= 11 is 0. The fourth-order valence-electron chi connectivity index (χ4n) is 0.416. The molecule has 0 spiro atoms. The maximum Gasteiger partial charge on any atom is 0.277 e. The van der Waals surface area contributed by atoms with Gasteiger partial charge in [0.25, 0.3) is 5.95 Å². The maximum absolute atomic E-state index is 8.61. The summed E-state index contributed by atoms with van der Waals surface area (Å²) < 4.78 is 4.39. The second kappa shape index (κ2) is 1.78. The zero-order valence-electron chi connectivity index (χ0n) is 4.16. The second-order valence-corrected chi connectivity index (χ2v) is 1.47. The Kier molecular flexibility index (Phi) is 1.12. The summed E-state index contributed by atoms with van der Waals surface area (Å²) in [7, 11) is 0. The Morgan fingerprint density at radius 3 is 2.62 bits per heavy atom. The highest BCUT2D eigenvalue weighted by atomic mass is 16.6. The number of hydrogen-bond donors (Lipinski definition) is 2. The van der Waals surface area contributed by atoms with Gasteiger partial charge in [0.2, 0.25) is 0 Å². The van der Waals surface area contributed by atoms with Crippen LogP contribution in [0.25, 0.3) is 0 Å². The number of aliphatic hydroxyl groups is 2. The molecule has 0 saturated carbocycles. The van der Waals surface area contributed by atoms with Crippen molar-refractivity contribution in [1.29, 1.82) is 0 Å². The summed E-state index contributed by atoms with van der Waals surface area (Å²) in [6, 6.07) is 0. The van der Waals surface area contributed by atoms with Crippen molar-refractivity contribution in [2.24, 2.45) is 0 Å². The molecule has 0 aromatic carbocycles. The van der Waals surface area contributed by atoms with E-state index in [1.807, 2.05) is 0 Å². The second-order valence-electron chi connectivity index (χ2n) is 1.47. The van der Waals surface area contributed by atoms with Crippen LogP contribution in [0.15, 0.2) is 24.0 Å². The Bertz CT molecular complexity index is 128. The lowest BCUT2D eigenvalue weighted by Crippen LogP contribution is -1.92. The van der Waals surface area contributed by atoms with Gasteiger partial charge in [-0.05, 0) is 0 Å². The third kappa shape index (κ3) is 0.932. The summed E-state index contributed by atoms with van der Waals surface area (Å²) in [5.41, 5.74) is 0. The van der Waals surface area contributed by atoms with Crippen molar-refractivity contribution in [2.45, 2.75) is 6.42 Å². The zero-order chi connectivity index (χ0) is 5.98. The summed E-state index contributed by atoms with van der Waals surface area (Å²) in [5.74, 6) is -0.0226. The van der Waals surface area contributed by atoms with E-state index in [9.17, 15) is 0 Å². The topological polar surface area (TPSA) is 49.7 Å². The van der Waals surface area contributed by atoms with E-state index in [-0.39, 0.29) is 11.7 Å². The molecule has 0 aromatic rings. The molecule has 0 fully saturated rings. The van der Waals surface area contributed by atoms with Gasteiger partial charge in [-0.25, -0.2) is 0 Å². The van der Waals surface area contributed by atoms with Crippen molar-refractivity contribution in [1.82, 2.24) is 0 Å². The smallest absolute Gasteiger partial charge is 0.277 e. The number of rotatable bonds is 0. The van der Waals surface area contributed by atoms with Crippen molar-refractivity contribution in [3.8, 4) is 0 Å². The molecule has 0 radical (unpaired) electrons. The Hall–Kier alpha value is -1.12. The molecule has 0 bridgehead atoms. The molecular weight excluding hydrogens is 108 g/mol. The van der Waals surface area contributed by atoms with Crippen molar-refractivity contribution in [3.05, 3.63) is 24.0 Å². The highest BCUT2D eigenvalue weighted by molar-refractivity contribution is 5.02. The Morgan fingerprint density at radius 1 is 1.50 bits per heavy atom. The van der Waals surface area contributed by atoms with Crippen LogP contribution < -0.4 is 0 Å². The van der Waals surface area contributed by atoms with Gasteiger partial charge in [-0.3, -0.25) is 0 Å². The van der Waals surface area contributed by atoms with E-state index in [4.69, 9.17) is 10.2 Å². The average Bonchev–Trinajstić information content (AvgIpc) is 1.77. The molecule has 0 saturated heterocycles. The third-order valence-electron chi connectivity index (χ3n) is 0.802. The summed E-state index contributed by atoms with van der Waals surface area (Å²) in [6.07, 6.45) is 2.84. The van der Waals surface area contributed by atoms with Crippen LogP contribution in [0.1, 0.15) is 6.42 Å². The molecule has 1 aliphatic rings. The maximum atomic E-state index is 8.61. The Balaban J connectivity index is 2.54. The van der Waals surface area contributed by atoms with E-state index in [1.54, 1.807) is 0 Å². The molecule has 3 nitrogen and oxygen atoms in total. The first kappa shape index (κ1) is 5.03. The first-order valence-electron chi connectivity index (χ1n) is 2.23. The van der Waals surface area contributed by atoms with Gasteiger partial charge in [-0.1, -0.05) is 0 Å². The molecule has 44 valence electrons. The van der Waals surface area contributed by atoms with E-state index in [1.165, 1.54) is 6.08 Å². The molecule has 0 atom stereocenters. The predicted molar refractivity (Wildman–Crippen MR) is 27.1 cm³/mol. The van der Waals surface area contributed by atoms with Gasteiger partial charge in [0.15, 0.2) is 0 Å². The van der Waals surface area contributed by atoms with Crippen LogP contribution in [0, 0.1) is 0 Å². The van der Waals surface area contributed by atoms with Gasteiger partial charge in [0.05, 0.1) is 0 Å². The molecule has 1 heterocycles. The van der Waals surface area contributed by atoms with Crippen molar-refractivity contribution in [3.63, 3.8) is 0 Å². The average molecular weight is 114 g/mol. The van der Waals surface area contributed by atoms with E-state index >= 15 is 0 Å². The molecule has 0 aliphatic carbocycles. The number of allylic oxidation sites excluding steroid dienone is 1. The first-order chi connectivity index (χ1) is 3.79. The monoisotopic (exact) mass is 114 g/mol. The summed E-state index contributed by atoms with van der Waals surface area (Å²) in [5, 5.41) is 17.1. The highest BCUT2D eigenvalue weighted by Crippen LogP contribution is 2.08. The molecule has 3 heteroatoms. The molecule has 0 amide bonds. The van der Waals surface area contributed by atoms with Crippen LogP contribution in [-0.4, -0.2) is 10.2 Å². The fraction of sp³-hybridized carbons (Fsp3) is 0.200. The molecule has 2 N–H and O–H groups in total. The molecule has 0 unspecified atom stereocenters. The normalized spacial score (nSPS) is 18.5. The predicted octanol–water partition coefficient (Wildman–Crippen LogP) is 1.21. The van der Waals surface area contributed by atoms with Crippen LogP contribution in [0.5, 0.6) is 0 Å². The van der Waals surface area contributed by atoms with Crippen molar-refractivity contribution < 1.29 is 14.9 Å². The van der Waals surface area contributed by atoms with Gasteiger partial charge in [0.1, 0.15) is 12.0 Å². The highest BCUT2D eigenvalue weighted by Gasteiger charge is 2.00. The lowest BCUT2D eigenvalue weighted by atomic mass is 10.3. The quantitative estimate of drug-likeness (QED) is 0.497. The standard InChI is InChI=1S/C5H6O3/c6-4-1-2-5(7)8-3-4/h2-3,6-7H,1H2. The number of ether oxygens (including phenoxy) is 1. The first-order valence-corrected chi connectivity index (χ1v) is 2.23. The van der Waals surface area contributed by atoms with Crippen LogP contribution in [0.4, 0.5) is 0 Å². The van der Waals surface area contributed by atoms with Gasteiger partial charge in [-0.2, -0.15) is 0 Å². The summed E-state index contributed by atoms with van der Waals surface area (Å²) in [4.78, 5) is 0. The lowest BCUT2D eigenvalue weighted by molar-refractivity contribution is 0.148. The largest absolute Gasteiger partial charge is 0.509 e. The van der Waals surface area contributed by atoms with Crippen LogP contribution in [0.3, 0.4) is 0 Å². The molecule has 1 aliphatic heterocycles. The van der Waals surface area contributed by atoms with Crippen molar-refractivity contribution in [2.75, 3.05) is 0 Å². The van der Waals surface area contributed by atoms with Gasteiger partial charge in [0, 0.05) is 12.5 Å². The van der Waals surface area contributed by atoms with Gasteiger partial charge < -0.3 is 14.9 Å². The van der Waals surface area contributed by atoms with Gasteiger partial charge in [-0.15, -0.1) is 0 Å². The number of aliphatic hydroxyl groups excluding tert-OH is 2. The lowest BCUT2D eigenvalue weighted by Gasteiger charge is -2.03. The van der Waals surface area contributed by atoms with E-state index in [0.29, 0.717) is 6.42 Å². The SMILES string of the molecule is OC1=COC(O)=CC1. The van der Waals surface area contributed by atoms with E-state index in [2.05, 4.69) is 4.74 Å². The van der Waals surface area contributed by atoms with Crippen LogP contribution in [0.2, 0.25) is 0 Å².